The molecule has 1 saturated heterocycles. The van der Waals surface area contributed by atoms with Crippen molar-refractivity contribution >= 4 is 5.78 Å². The number of carbonyl (C=O) groups excluding carboxylic acids is 1. The van der Waals surface area contributed by atoms with Gasteiger partial charge in [-0.25, -0.2) is 0 Å². The first kappa shape index (κ1) is 12.3. The molecule has 1 fully saturated rings. The van der Waals surface area contributed by atoms with Crippen molar-refractivity contribution < 1.29 is 4.79 Å². The lowest BCUT2D eigenvalue weighted by Gasteiger charge is -2.39. The molecule has 1 N–H and O–H groups in total. The van der Waals surface area contributed by atoms with Crippen molar-refractivity contribution in [2.75, 3.05) is 26.2 Å². The number of ketones is 1. The van der Waals surface area contributed by atoms with Gasteiger partial charge in [-0.15, -0.1) is 0 Å². The molecule has 0 amide bonds. The van der Waals surface area contributed by atoms with E-state index in [0.717, 1.165) is 26.2 Å². The zero-order valence-corrected chi connectivity index (χ0v) is 10.7. The van der Waals surface area contributed by atoms with Gasteiger partial charge in [0.05, 0.1) is 17.3 Å². The number of hydrogen-bond acceptors (Lipinski definition) is 4. The van der Waals surface area contributed by atoms with Crippen LogP contribution in [0.2, 0.25) is 0 Å². The Kier molecular flexibility index (Phi) is 3.31. The zero-order chi connectivity index (χ0) is 12.5. The van der Waals surface area contributed by atoms with E-state index in [2.05, 4.69) is 15.3 Å². The number of aryl methyl sites for hydroxylation is 1. The van der Waals surface area contributed by atoms with E-state index in [9.17, 15) is 4.79 Å². The van der Waals surface area contributed by atoms with E-state index in [4.69, 9.17) is 0 Å². The van der Waals surface area contributed by atoms with Crippen molar-refractivity contribution in [2.24, 2.45) is 7.05 Å². The fraction of sp³-hybridized carbons (Fsp3) is 0.667. The van der Waals surface area contributed by atoms with Crippen molar-refractivity contribution in [2.45, 2.75) is 19.4 Å². The molecule has 94 valence electrons. The van der Waals surface area contributed by atoms with Gasteiger partial charge in [-0.2, -0.15) is 5.10 Å². The van der Waals surface area contributed by atoms with Gasteiger partial charge >= 0.3 is 0 Å². The lowest BCUT2D eigenvalue weighted by atomic mass is 9.92. The molecule has 2 rings (SSSR count). The number of nitrogens with one attached hydrogen (secondary N) is 1. The van der Waals surface area contributed by atoms with E-state index in [-0.39, 0.29) is 5.78 Å². The molecule has 1 aromatic rings. The van der Waals surface area contributed by atoms with Crippen molar-refractivity contribution in [3.8, 4) is 0 Å². The van der Waals surface area contributed by atoms with Gasteiger partial charge in [0.2, 0.25) is 0 Å². The van der Waals surface area contributed by atoms with Crippen LogP contribution in [0.25, 0.3) is 0 Å². The molecule has 1 aliphatic heterocycles. The number of rotatable bonds is 3. The summed E-state index contributed by atoms with van der Waals surface area (Å²) in [6.45, 7) is 7.72. The number of piperazine rings is 1. The quantitative estimate of drug-likeness (QED) is 0.766. The summed E-state index contributed by atoms with van der Waals surface area (Å²) in [4.78, 5) is 14.7. The minimum Gasteiger partial charge on any atom is -0.314 e. The summed E-state index contributed by atoms with van der Waals surface area (Å²) in [6.07, 6.45) is 3.43. The van der Waals surface area contributed by atoms with Crippen molar-refractivity contribution in [1.82, 2.24) is 20.0 Å². The first-order chi connectivity index (χ1) is 8.01. The Morgan fingerprint density at radius 3 is 2.59 bits per heavy atom. The van der Waals surface area contributed by atoms with E-state index < -0.39 is 5.54 Å². The van der Waals surface area contributed by atoms with Crippen LogP contribution in [0.5, 0.6) is 0 Å². The third-order valence-corrected chi connectivity index (χ3v) is 3.43. The summed E-state index contributed by atoms with van der Waals surface area (Å²) in [5.74, 6) is 0.146. The van der Waals surface area contributed by atoms with Gasteiger partial charge in [0.1, 0.15) is 0 Å². The first-order valence-electron chi connectivity index (χ1n) is 6.01. The normalized spacial score (nSPS) is 18.3. The van der Waals surface area contributed by atoms with Gasteiger partial charge in [0.25, 0.3) is 0 Å². The third-order valence-electron chi connectivity index (χ3n) is 3.43. The Hall–Kier alpha value is -1.20. The fourth-order valence-electron chi connectivity index (χ4n) is 2.26. The van der Waals surface area contributed by atoms with Gasteiger partial charge in [-0.05, 0) is 13.8 Å². The number of nitrogens with zero attached hydrogens (tertiary/aromatic N) is 3. The summed E-state index contributed by atoms with van der Waals surface area (Å²) in [7, 11) is 1.83. The molecule has 0 unspecified atom stereocenters. The van der Waals surface area contributed by atoms with Crippen LogP contribution in [-0.2, 0) is 7.05 Å². The molecule has 0 aliphatic carbocycles. The summed E-state index contributed by atoms with van der Waals surface area (Å²) >= 11 is 0. The Labute approximate surface area is 102 Å². The summed E-state index contributed by atoms with van der Waals surface area (Å²) < 4.78 is 1.67. The van der Waals surface area contributed by atoms with Crippen LogP contribution in [0.3, 0.4) is 0 Å². The molecular formula is C12H20N4O. The summed E-state index contributed by atoms with van der Waals surface area (Å²) in [5, 5.41) is 7.36. The molecule has 0 aromatic carbocycles. The maximum atomic E-state index is 12.5. The Bertz CT molecular complexity index is 404. The van der Waals surface area contributed by atoms with Gasteiger partial charge < -0.3 is 5.32 Å². The van der Waals surface area contributed by atoms with Crippen LogP contribution in [0, 0.1) is 0 Å². The van der Waals surface area contributed by atoms with Gasteiger partial charge in [0.15, 0.2) is 5.78 Å². The van der Waals surface area contributed by atoms with Crippen LogP contribution in [0.15, 0.2) is 12.4 Å². The molecule has 1 aliphatic rings. The maximum absolute atomic E-state index is 12.5. The standard InChI is InChI=1S/C12H20N4O/c1-12(2,16-6-4-13-5-7-16)11(17)10-8-14-15(3)9-10/h8-9,13H,4-7H2,1-3H3. The average molecular weight is 236 g/mol. The fourth-order valence-corrected chi connectivity index (χ4v) is 2.26. The van der Waals surface area contributed by atoms with Gasteiger partial charge in [-0.3, -0.25) is 14.4 Å². The van der Waals surface area contributed by atoms with Crippen LogP contribution in [-0.4, -0.2) is 52.2 Å². The predicted molar refractivity (Wildman–Crippen MR) is 66.1 cm³/mol. The van der Waals surface area contributed by atoms with Crippen molar-refractivity contribution in [1.29, 1.82) is 0 Å². The number of hydrogen-bond donors (Lipinski definition) is 1. The SMILES string of the molecule is Cn1cc(C(=O)C(C)(C)N2CCNCC2)cn1. The second-order valence-corrected chi connectivity index (χ2v) is 5.03. The smallest absolute Gasteiger partial charge is 0.185 e. The van der Waals surface area contributed by atoms with Crippen LogP contribution < -0.4 is 5.32 Å². The highest BCUT2D eigenvalue weighted by Crippen LogP contribution is 2.20. The van der Waals surface area contributed by atoms with Gasteiger partial charge in [0, 0.05) is 39.4 Å². The molecule has 0 radical (unpaired) electrons. The average Bonchev–Trinajstić information content (AvgIpc) is 2.76. The van der Waals surface area contributed by atoms with Crippen molar-refractivity contribution in [3.63, 3.8) is 0 Å². The maximum Gasteiger partial charge on any atom is 0.185 e. The molecule has 17 heavy (non-hydrogen) atoms. The molecular weight excluding hydrogens is 216 g/mol. The van der Waals surface area contributed by atoms with Crippen LogP contribution in [0.1, 0.15) is 24.2 Å². The Morgan fingerprint density at radius 2 is 2.06 bits per heavy atom. The molecule has 0 atom stereocenters. The minimum atomic E-state index is -0.453. The topological polar surface area (TPSA) is 50.2 Å². The lowest BCUT2D eigenvalue weighted by Crippen LogP contribution is -2.57. The number of carbonyl (C=O) groups is 1. The first-order valence-corrected chi connectivity index (χ1v) is 6.01. The predicted octanol–water partition coefficient (Wildman–Crippen LogP) is 0.287. The second-order valence-electron chi connectivity index (χ2n) is 5.03. The Morgan fingerprint density at radius 1 is 1.41 bits per heavy atom. The largest absolute Gasteiger partial charge is 0.314 e. The molecule has 0 spiro atoms. The molecule has 1 aromatic heterocycles. The van der Waals surface area contributed by atoms with E-state index in [1.807, 2.05) is 20.9 Å². The molecule has 5 heteroatoms. The lowest BCUT2D eigenvalue weighted by molar-refractivity contribution is 0.0602. The van der Waals surface area contributed by atoms with E-state index in [1.54, 1.807) is 17.1 Å². The zero-order valence-electron chi connectivity index (χ0n) is 10.7. The van der Waals surface area contributed by atoms with E-state index in [1.165, 1.54) is 0 Å². The molecule has 0 bridgehead atoms. The van der Waals surface area contributed by atoms with Crippen LogP contribution in [0.4, 0.5) is 0 Å². The highest BCUT2D eigenvalue weighted by Gasteiger charge is 2.36. The van der Waals surface area contributed by atoms with Crippen molar-refractivity contribution in [3.05, 3.63) is 18.0 Å². The minimum absolute atomic E-state index is 0.146. The summed E-state index contributed by atoms with van der Waals surface area (Å²) in [5.41, 5.74) is 0.238. The second kappa shape index (κ2) is 4.58. The number of Topliss-reactive ketones (excluding diaryl/α,β-unsaturated/α-hetero) is 1. The summed E-state index contributed by atoms with van der Waals surface area (Å²) in [6, 6.07) is 0. The van der Waals surface area contributed by atoms with E-state index >= 15 is 0 Å². The molecule has 0 saturated carbocycles. The Balaban J connectivity index is 2.16. The van der Waals surface area contributed by atoms with Crippen LogP contribution >= 0.6 is 0 Å². The number of aromatic nitrogens is 2. The molecule has 5 nitrogen and oxygen atoms in total. The highest BCUT2D eigenvalue weighted by molar-refractivity contribution is 6.02. The third kappa shape index (κ3) is 2.40. The molecule has 2 heterocycles. The monoisotopic (exact) mass is 236 g/mol. The van der Waals surface area contributed by atoms with Gasteiger partial charge in [-0.1, -0.05) is 0 Å². The highest BCUT2D eigenvalue weighted by atomic mass is 16.1. The van der Waals surface area contributed by atoms with E-state index in [0.29, 0.717) is 5.56 Å².